The van der Waals surface area contributed by atoms with Crippen molar-refractivity contribution >= 4 is 11.8 Å². The Kier molecular flexibility index (Phi) is 7.16. The molecule has 2 amide bonds. The zero-order valence-electron chi connectivity index (χ0n) is 14.4. The molecular weight excluding hydrogens is 314 g/mol. The maximum Gasteiger partial charge on any atom is 0.251 e. The molecule has 0 saturated carbocycles. The summed E-state index contributed by atoms with van der Waals surface area (Å²) in [5.74, 6) is -0.461. The van der Waals surface area contributed by atoms with Gasteiger partial charge in [-0.2, -0.15) is 0 Å². The first-order valence-corrected chi connectivity index (χ1v) is 8.49. The van der Waals surface area contributed by atoms with Crippen LogP contribution in [0.15, 0.2) is 60.7 Å². The van der Waals surface area contributed by atoms with E-state index < -0.39 is 6.04 Å². The van der Waals surface area contributed by atoms with Gasteiger partial charge in [0.05, 0.1) is 0 Å². The number of benzene rings is 2. The van der Waals surface area contributed by atoms with Crippen LogP contribution in [-0.2, 0) is 11.2 Å². The van der Waals surface area contributed by atoms with Crippen molar-refractivity contribution in [3.05, 3.63) is 71.8 Å². The van der Waals surface area contributed by atoms with E-state index in [9.17, 15) is 9.59 Å². The van der Waals surface area contributed by atoms with Gasteiger partial charge >= 0.3 is 0 Å². The molecule has 5 nitrogen and oxygen atoms in total. The minimum atomic E-state index is -0.636. The summed E-state index contributed by atoms with van der Waals surface area (Å²) in [4.78, 5) is 24.9. The Hall–Kier alpha value is -2.66. The van der Waals surface area contributed by atoms with Crippen LogP contribution in [0.1, 0.15) is 29.3 Å². The second kappa shape index (κ2) is 9.59. The number of nitrogens with one attached hydrogen (secondary N) is 2. The lowest BCUT2D eigenvalue weighted by Crippen LogP contribution is -2.48. The monoisotopic (exact) mass is 339 g/mol. The zero-order chi connectivity index (χ0) is 18.1. The molecule has 0 aliphatic carbocycles. The van der Waals surface area contributed by atoms with E-state index in [1.807, 2.05) is 43.3 Å². The van der Waals surface area contributed by atoms with E-state index in [0.29, 0.717) is 24.9 Å². The summed E-state index contributed by atoms with van der Waals surface area (Å²) >= 11 is 0. The highest BCUT2D eigenvalue weighted by Crippen LogP contribution is 2.06. The van der Waals surface area contributed by atoms with Crippen LogP contribution >= 0.6 is 0 Å². The lowest BCUT2D eigenvalue weighted by molar-refractivity contribution is -0.122. The standard InChI is InChI=1S/C20H25N3O2/c1-15(21)12-13-22-20(25)18(14-16-8-4-2-5-9-16)23-19(24)17-10-6-3-7-11-17/h2-11,15,18H,12-14,21H2,1H3,(H,22,25)(H,23,24). The Morgan fingerprint density at radius 2 is 1.60 bits per heavy atom. The third kappa shape index (κ3) is 6.39. The lowest BCUT2D eigenvalue weighted by atomic mass is 10.0. The van der Waals surface area contributed by atoms with Gasteiger partial charge in [0.25, 0.3) is 5.91 Å². The molecule has 0 saturated heterocycles. The highest BCUT2D eigenvalue weighted by molar-refractivity contribution is 5.97. The quantitative estimate of drug-likeness (QED) is 0.686. The first-order valence-electron chi connectivity index (χ1n) is 8.49. The van der Waals surface area contributed by atoms with E-state index in [0.717, 1.165) is 5.56 Å². The van der Waals surface area contributed by atoms with Crippen LogP contribution in [0, 0.1) is 0 Å². The largest absolute Gasteiger partial charge is 0.354 e. The normalized spacial score (nSPS) is 12.9. The molecule has 0 aliphatic rings. The fourth-order valence-electron chi connectivity index (χ4n) is 2.44. The van der Waals surface area contributed by atoms with Crippen molar-refractivity contribution in [2.45, 2.75) is 31.8 Å². The van der Waals surface area contributed by atoms with Gasteiger partial charge in [-0.1, -0.05) is 48.5 Å². The molecule has 0 bridgehead atoms. The van der Waals surface area contributed by atoms with Gasteiger partial charge in [0, 0.05) is 24.6 Å². The Morgan fingerprint density at radius 3 is 2.20 bits per heavy atom. The maximum atomic E-state index is 12.5. The Labute approximate surface area is 148 Å². The number of hydrogen-bond donors (Lipinski definition) is 3. The summed E-state index contributed by atoms with van der Waals surface area (Å²) in [6.07, 6.45) is 1.12. The van der Waals surface area contributed by atoms with Crippen LogP contribution in [0.5, 0.6) is 0 Å². The third-order valence-corrected chi connectivity index (χ3v) is 3.84. The van der Waals surface area contributed by atoms with Crippen LogP contribution in [0.4, 0.5) is 0 Å². The van der Waals surface area contributed by atoms with Crippen molar-refractivity contribution in [1.82, 2.24) is 10.6 Å². The molecule has 0 heterocycles. The van der Waals surface area contributed by atoms with E-state index >= 15 is 0 Å². The first kappa shape index (κ1) is 18.7. The molecule has 5 heteroatoms. The number of rotatable bonds is 8. The predicted octanol–water partition coefficient (Wildman–Crippen LogP) is 1.88. The summed E-state index contributed by atoms with van der Waals surface area (Å²) in [6.45, 7) is 2.38. The molecule has 2 aromatic carbocycles. The molecule has 25 heavy (non-hydrogen) atoms. The molecule has 2 rings (SSSR count). The van der Waals surface area contributed by atoms with Gasteiger partial charge in [0.2, 0.25) is 5.91 Å². The van der Waals surface area contributed by atoms with Crippen molar-refractivity contribution in [2.75, 3.05) is 6.54 Å². The topological polar surface area (TPSA) is 84.2 Å². The van der Waals surface area contributed by atoms with E-state index in [-0.39, 0.29) is 17.9 Å². The van der Waals surface area contributed by atoms with Gasteiger partial charge in [-0.15, -0.1) is 0 Å². The minimum Gasteiger partial charge on any atom is -0.354 e. The van der Waals surface area contributed by atoms with Crippen LogP contribution < -0.4 is 16.4 Å². The number of amides is 2. The number of carbonyl (C=O) groups is 2. The van der Waals surface area contributed by atoms with Crippen LogP contribution in [0.2, 0.25) is 0 Å². The molecule has 0 fully saturated rings. The number of nitrogens with two attached hydrogens (primary N) is 1. The third-order valence-electron chi connectivity index (χ3n) is 3.84. The molecule has 132 valence electrons. The first-order chi connectivity index (χ1) is 12.1. The van der Waals surface area contributed by atoms with Crippen LogP contribution in [0.25, 0.3) is 0 Å². The molecular formula is C20H25N3O2. The zero-order valence-corrected chi connectivity index (χ0v) is 14.4. The summed E-state index contributed by atoms with van der Waals surface area (Å²) in [5, 5.41) is 5.69. The fraction of sp³-hybridized carbons (Fsp3) is 0.300. The van der Waals surface area contributed by atoms with Crippen molar-refractivity contribution in [1.29, 1.82) is 0 Å². The average molecular weight is 339 g/mol. The highest BCUT2D eigenvalue weighted by Gasteiger charge is 2.21. The van der Waals surface area contributed by atoms with Gasteiger partial charge in [-0.05, 0) is 31.0 Å². The van der Waals surface area contributed by atoms with E-state index in [4.69, 9.17) is 5.73 Å². The van der Waals surface area contributed by atoms with Crippen LogP contribution in [0.3, 0.4) is 0 Å². The fourth-order valence-corrected chi connectivity index (χ4v) is 2.44. The molecule has 2 aromatic rings. The molecule has 2 unspecified atom stereocenters. The second-order valence-corrected chi connectivity index (χ2v) is 6.14. The van der Waals surface area contributed by atoms with Crippen LogP contribution in [-0.4, -0.2) is 30.4 Å². The van der Waals surface area contributed by atoms with Gasteiger partial charge in [-0.25, -0.2) is 0 Å². The van der Waals surface area contributed by atoms with Gasteiger partial charge in [-0.3, -0.25) is 9.59 Å². The summed E-state index contributed by atoms with van der Waals surface area (Å²) in [6, 6.07) is 17.9. The maximum absolute atomic E-state index is 12.5. The number of hydrogen-bond acceptors (Lipinski definition) is 3. The SMILES string of the molecule is CC(N)CCNC(=O)C(Cc1ccccc1)NC(=O)c1ccccc1. The lowest BCUT2D eigenvalue weighted by Gasteiger charge is -2.19. The average Bonchev–Trinajstić information content (AvgIpc) is 2.62. The minimum absolute atomic E-state index is 0.0202. The van der Waals surface area contributed by atoms with E-state index in [2.05, 4.69) is 10.6 Å². The van der Waals surface area contributed by atoms with Crippen molar-refractivity contribution in [3.63, 3.8) is 0 Å². The summed E-state index contributed by atoms with van der Waals surface area (Å²) < 4.78 is 0. The van der Waals surface area contributed by atoms with Gasteiger partial charge < -0.3 is 16.4 Å². The molecule has 0 spiro atoms. The van der Waals surface area contributed by atoms with Crippen molar-refractivity contribution in [2.24, 2.45) is 5.73 Å². The predicted molar refractivity (Wildman–Crippen MR) is 99.1 cm³/mol. The summed E-state index contributed by atoms with van der Waals surface area (Å²) in [7, 11) is 0. The molecule has 0 aromatic heterocycles. The number of carbonyl (C=O) groups excluding carboxylic acids is 2. The molecule has 0 radical (unpaired) electrons. The van der Waals surface area contributed by atoms with Gasteiger partial charge in [0.15, 0.2) is 0 Å². The second-order valence-electron chi connectivity index (χ2n) is 6.14. The molecule has 4 N–H and O–H groups in total. The highest BCUT2D eigenvalue weighted by atomic mass is 16.2. The Balaban J connectivity index is 2.05. The molecule has 2 atom stereocenters. The smallest absolute Gasteiger partial charge is 0.251 e. The molecule has 0 aliphatic heterocycles. The van der Waals surface area contributed by atoms with Crippen molar-refractivity contribution < 1.29 is 9.59 Å². The van der Waals surface area contributed by atoms with E-state index in [1.54, 1.807) is 24.3 Å². The van der Waals surface area contributed by atoms with Gasteiger partial charge in [0.1, 0.15) is 6.04 Å². The summed E-state index contributed by atoms with van der Waals surface area (Å²) in [5.41, 5.74) is 7.23. The Bertz CT molecular complexity index is 672. The van der Waals surface area contributed by atoms with Crippen molar-refractivity contribution in [3.8, 4) is 0 Å². The van der Waals surface area contributed by atoms with E-state index in [1.165, 1.54) is 0 Å². The Morgan fingerprint density at radius 1 is 1.00 bits per heavy atom.